The highest BCUT2D eigenvalue weighted by molar-refractivity contribution is 6.30. The van der Waals surface area contributed by atoms with E-state index in [0.29, 0.717) is 6.04 Å². The van der Waals surface area contributed by atoms with Crippen LogP contribution in [0, 0.1) is 0 Å². The summed E-state index contributed by atoms with van der Waals surface area (Å²) in [6.07, 6.45) is 4.65. The first-order valence-corrected chi connectivity index (χ1v) is 7.44. The summed E-state index contributed by atoms with van der Waals surface area (Å²) in [5.41, 5.74) is 2.50. The first-order valence-electron chi connectivity index (χ1n) is 7.06. The molecule has 106 valence electrons. The first-order chi connectivity index (χ1) is 9.26. The van der Waals surface area contributed by atoms with Crippen LogP contribution in [0.4, 0.5) is 5.69 Å². The molecule has 0 radical (unpaired) electrons. The zero-order chi connectivity index (χ0) is 13.7. The summed E-state index contributed by atoms with van der Waals surface area (Å²) in [6.45, 7) is 1.98. The van der Waals surface area contributed by atoms with E-state index in [1.807, 2.05) is 19.2 Å². The maximum Gasteiger partial charge on any atom is 0.0447 e. The molecule has 4 heteroatoms. The highest BCUT2D eigenvalue weighted by Crippen LogP contribution is 2.33. The predicted molar refractivity (Wildman–Crippen MR) is 80.9 cm³/mol. The van der Waals surface area contributed by atoms with Crippen LogP contribution in [0.5, 0.6) is 0 Å². The maximum atomic E-state index is 9.09. The molecule has 0 spiro atoms. The van der Waals surface area contributed by atoms with E-state index >= 15 is 0 Å². The van der Waals surface area contributed by atoms with Gasteiger partial charge < -0.3 is 15.3 Å². The van der Waals surface area contributed by atoms with Crippen molar-refractivity contribution in [2.45, 2.75) is 38.3 Å². The fourth-order valence-corrected chi connectivity index (χ4v) is 2.80. The molecule has 1 aliphatic carbocycles. The number of benzene rings is 1. The SMILES string of the molecule is CNCc1cc(Cl)ccc1N(CCCO)C1CCC1. The molecular formula is C15H23ClN2O. The molecule has 0 saturated heterocycles. The molecule has 0 amide bonds. The Kier molecular flexibility index (Phi) is 5.49. The third-order valence-electron chi connectivity index (χ3n) is 3.79. The van der Waals surface area contributed by atoms with Gasteiger partial charge >= 0.3 is 0 Å². The lowest BCUT2D eigenvalue weighted by atomic mass is 9.90. The lowest BCUT2D eigenvalue weighted by Crippen LogP contribution is -2.41. The number of anilines is 1. The van der Waals surface area contributed by atoms with Crippen molar-refractivity contribution >= 4 is 17.3 Å². The van der Waals surface area contributed by atoms with Crippen molar-refractivity contribution in [2.75, 3.05) is 25.1 Å². The van der Waals surface area contributed by atoms with Crippen molar-refractivity contribution in [3.05, 3.63) is 28.8 Å². The molecule has 1 aromatic carbocycles. The molecule has 0 aromatic heterocycles. The quantitative estimate of drug-likeness (QED) is 0.807. The summed E-state index contributed by atoms with van der Waals surface area (Å²) < 4.78 is 0. The van der Waals surface area contributed by atoms with Crippen molar-refractivity contribution in [3.8, 4) is 0 Å². The lowest BCUT2D eigenvalue weighted by molar-refractivity contribution is 0.283. The number of aliphatic hydroxyl groups excluding tert-OH is 1. The van der Waals surface area contributed by atoms with Crippen LogP contribution in [-0.4, -0.2) is 31.3 Å². The van der Waals surface area contributed by atoms with E-state index in [9.17, 15) is 0 Å². The maximum absolute atomic E-state index is 9.09. The van der Waals surface area contributed by atoms with Gasteiger partial charge in [0.05, 0.1) is 0 Å². The van der Waals surface area contributed by atoms with E-state index in [1.54, 1.807) is 0 Å². The summed E-state index contributed by atoms with van der Waals surface area (Å²) in [5.74, 6) is 0. The molecule has 1 aromatic rings. The molecule has 1 fully saturated rings. The average molecular weight is 283 g/mol. The second kappa shape index (κ2) is 7.13. The summed E-state index contributed by atoms with van der Waals surface area (Å²) in [6, 6.07) is 6.74. The second-order valence-electron chi connectivity index (χ2n) is 5.16. The van der Waals surface area contributed by atoms with Gasteiger partial charge in [0.25, 0.3) is 0 Å². The van der Waals surface area contributed by atoms with Gasteiger partial charge in [-0.1, -0.05) is 11.6 Å². The smallest absolute Gasteiger partial charge is 0.0447 e. The van der Waals surface area contributed by atoms with E-state index in [4.69, 9.17) is 16.7 Å². The van der Waals surface area contributed by atoms with Crippen LogP contribution in [0.15, 0.2) is 18.2 Å². The monoisotopic (exact) mass is 282 g/mol. The second-order valence-corrected chi connectivity index (χ2v) is 5.60. The van der Waals surface area contributed by atoms with Crippen LogP contribution in [0.2, 0.25) is 5.02 Å². The van der Waals surface area contributed by atoms with Crippen molar-refractivity contribution in [1.82, 2.24) is 5.32 Å². The Morgan fingerprint density at radius 1 is 1.42 bits per heavy atom. The number of aliphatic hydroxyl groups is 1. The van der Waals surface area contributed by atoms with Crippen LogP contribution >= 0.6 is 11.6 Å². The van der Waals surface area contributed by atoms with Gasteiger partial charge in [-0.25, -0.2) is 0 Å². The third-order valence-corrected chi connectivity index (χ3v) is 4.03. The Morgan fingerprint density at radius 2 is 2.21 bits per heavy atom. The molecule has 3 nitrogen and oxygen atoms in total. The molecule has 0 atom stereocenters. The minimum atomic E-state index is 0.248. The molecule has 19 heavy (non-hydrogen) atoms. The average Bonchev–Trinajstić information content (AvgIpc) is 2.33. The van der Waals surface area contributed by atoms with Gasteiger partial charge in [-0.3, -0.25) is 0 Å². The number of hydrogen-bond acceptors (Lipinski definition) is 3. The Hall–Kier alpha value is -0.770. The third kappa shape index (κ3) is 3.62. The van der Waals surface area contributed by atoms with Crippen molar-refractivity contribution in [1.29, 1.82) is 0 Å². The molecule has 0 aliphatic heterocycles. The van der Waals surface area contributed by atoms with Crippen LogP contribution < -0.4 is 10.2 Å². The van der Waals surface area contributed by atoms with Crippen LogP contribution in [0.25, 0.3) is 0 Å². The molecule has 2 rings (SSSR count). The van der Waals surface area contributed by atoms with E-state index in [2.05, 4.69) is 16.3 Å². The van der Waals surface area contributed by atoms with Crippen LogP contribution in [0.3, 0.4) is 0 Å². The van der Waals surface area contributed by atoms with E-state index in [0.717, 1.165) is 24.5 Å². The number of halogens is 1. The normalized spacial score (nSPS) is 15.3. The van der Waals surface area contributed by atoms with E-state index in [-0.39, 0.29) is 6.61 Å². The van der Waals surface area contributed by atoms with Crippen LogP contribution in [-0.2, 0) is 6.54 Å². The molecule has 0 unspecified atom stereocenters. The summed E-state index contributed by atoms with van der Waals surface area (Å²) in [4.78, 5) is 2.45. The molecule has 1 saturated carbocycles. The molecule has 0 heterocycles. The van der Waals surface area contributed by atoms with Crippen molar-refractivity contribution < 1.29 is 5.11 Å². The van der Waals surface area contributed by atoms with Gasteiger partial charge in [-0.05, 0) is 56.5 Å². The van der Waals surface area contributed by atoms with Crippen molar-refractivity contribution in [3.63, 3.8) is 0 Å². The van der Waals surface area contributed by atoms with Gasteiger partial charge in [-0.15, -0.1) is 0 Å². The Morgan fingerprint density at radius 3 is 2.79 bits per heavy atom. The zero-order valence-corrected chi connectivity index (χ0v) is 12.3. The Bertz CT molecular complexity index is 407. The molecule has 2 N–H and O–H groups in total. The van der Waals surface area contributed by atoms with Crippen molar-refractivity contribution in [2.24, 2.45) is 0 Å². The summed E-state index contributed by atoms with van der Waals surface area (Å²) in [7, 11) is 1.95. The van der Waals surface area contributed by atoms with Gasteiger partial charge in [0, 0.05) is 36.4 Å². The molecule has 0 bridgehead atoms. The van der Waals surface area contributed by atoms with Gasteiger partial charge in [0.2, 0.25) is 0 Å². The first kappa shape index (κ1) is 14.6. The van der Waals surface area contributed by atoms with Gasteiger partial charge in [-0.2, -0.15) is 0 Å². The lowest BCUT2D eigenvalue weighted by Gasteiger charge is -2.40. The number of hydrogen-bond donors (Lipinski definition) is 2. The minimum absolute atomic E-state index is 0.248. The Labute approximate surface area is 120 Å². The topological polar surface area (TPSA) is 35.5 Å². The van der Waals surface area contributed by atoms with E-state index in [1.165, 1.54) is 30.5 Å². The number of nitrogens with one attached hydrogen (secondary N) is 1. The zero-order valence-electron chi connectivity index (χ0n) is 11.5. The van der Waals surface area contributed by atoms with Crippen LogP contribution in [0.1, 0.15) is 31.2 Å². The summed E-state index contributed by atoms with van der Waals surface area (Å²) in [5, 5.41) is 13.1. The van der Waals surface area contributed by atoms with Gasteiger partial charge in [0.15, 0.2) is 0 Å². The molecule has 1 aliphatic rings. The standard InChI is InChI=1S/C15H23ClN2O/c1-17-11-12-10-13(16)6-7-15(12)18(8-3-9-19)14-4-2-5-14/h6-7,10,14,17,19H,2-5,8-9,11H2,1H3. The Balaban J connectivity index is 2.23. The number of nitrogens with zero attached hydrogens (tertiary/aromatic N) is 1. The van der Waals surface area contributed by atoms with Gasteiger partial charge in [0.1, 0.15) is 0 Å². The predicted octanol–water partition coefficient (Wildman–Crippen LogP) is 2.80. The molecular weight excluding hydrogens is 260 g/mol. The number of rotatable bonds is 7. The fraction of sp³-hybridized carbons (Fsp3) is 0.600. The minimum Gasteiger partial charge on any atom is -0.396 e. The fourth-order valence-electron chi connectivity index (χ4n) is 2.61. The highest BCUT2D eigenvalue weighted by Gasteiger charge is 2.26. The summed E-state index contributed by atoms with van der Waals surface area (Å²) >= 11 is 6.10. The van der Waals surface area contributed by atoms with E-state index < -0.39 is 0 Å². The largest absolute Gasteiger partial charge is 0.396 e. The highest BCUT2D eigenvalue weighted by atomic mass is 35.5.